The Bertz CT molecular complexity index is 580. The molecule has 0 N–H and O–H groups in total. The molecule has 1 aromatic carbocycles. The van der Waals surface area contributed by atoms with Gasteiger partial charge in [-0.05, 0) is 68.8 Å². The van der Waals surface area contributed by atoms with E-state index in [0.717, 1.165) is 25.7 Å². The van der Waals surface area contributed by atoms with E-state index in [0.29, 0.717) is 11.8 Å². The van der Waals surface area contributed by atoms with E-state index >= 15 is 0 Å². The van der Waals surface area contributed by atoms with E-state index in [4.69, 9.17) is 5.48 Å². The van der Waals surface area contributed by atoms with Crippen molar-refractivity contribution in [3.63, 3.8) is 0 Å². The number of Topliss-reactive ketones (excluding diaryl/α,β-unsaturated/α-hetero) is 1. The zero-order valence-electron chi connectivity index (χ0n) is 16.2. The Balaban J connectivity index is 1.64. The zero-order valence-corrected chi connectivity index (χ0v) is 12.2. The van der Waals surface area contributed by atoms with E-state index in [9.17, 15) is 4.79 Å². The fourth-order valence-corrected chi connectivity index (χ4v) is 3.68. The minimum absolute atomic E-state index is 0.0216. The summed E-state index contributed by atoms with van der Waals surface area (Å²) in [6.45, 7) is 2.09. The first kappa shape index (κ1) is 9.76. The van der Waals surface area contributed by atoms with E-state index in [-0.39, 0.29) is 18.8 Å². The van der Waals surface area contributed by atoms with Crippen LogP contribution in [0, 0.1) is 18.8 Å². The molecule has 0 heterocycles. The minimum Gasteiger partial charge on any atom is -0.300 e. The molecule has 0 amide bonds. The van der Waals surface area contributed by atoms with Crippen molar-refractivity contribution in [1.29, 1.82) is 0 Å². The summed E-state index contributed by atoms with van der Waals surface area (Å²) >= 11 is 0. The first-order valence-corrected chi connectivity index (χ1v) is 7.80. The van der Waals surface area contributed by atoms with Crippen LogP contribution in [0.4, 0.5) is 0 Å². The number of hydrogen-bond acceptors (Lipinski definition) is 1. The molecular weight excluding hydrogens is 244 g/mol. The fourth-order valence-electron chi connectivity index (χ4n) is 3.68. The van der Waals surface area contributed by atoms with Crippen LogP contribution in [0.1, 0.15) is 73.8 Å². The molecule has 0 saturated heterocycles. The second-order valence-corrected chi connectivity index (χ2v) is 6.37. The normalized spacial score (nSPS) is 36.5. The van der Waals surface area contributed by atoms with Gasteiger partial charge in [-0.3, -0.25) is 4.79 Å². The Kier molecular flexibility index (Phi) is 2.98. The lowest BCUT2D eigenvalue weighted by atomic mass is 9.70. The molecule has 0 unspecified atom stereocenters. The van der Waals surface area contributed by atoms with Gasteiger partial charge >= 0.3 is 0 Å². The predicted molar refractivity (Wildman–Crippen MR) is 82.8 cm³/mol. The maximum atomic E-state index is 11.9. The van der Waals surface area contributed by atoms with Crippen molar-refractivity contribution in [1.82, 2.24) is 0 Å². The topological polar surface area (TPSA) is 17.1 Å². The van der Waals surface area contributed by atoms with E-state index in [1.54, 1.807) is 0 Å². The van der Waals surface area contributed by atoms with Crippen molar-refractivity contribution in [2.24, 2.45) is 11.8 Å². The molecule has 1 nitrogen and oxygen atoms in total. The van der Waals surface area contributed by atoms with Gasteiger partial charge in [0.1, 0.15) is 5.78 Å². The van der Waals surface area contributed by atoms with Crippen molar-refractivity contribution in [2.45, 2.75) is 64.1 Å². The number of aryl methyl sites for hydroxylation is 1. The maximum absolute atomic E-state index is 11.9. The van der Waals surface area contributed by atoms with Crippen LogP contribution in [0.5, 0.6) is 0 Å². The first-order valence-electron chi connectivity index (χ1n) is 9.80. The third-order valence-electron chi connectivity index (χ3n) is 5.04. The smallest absolute Gasteiger partial charge is 0.132 e. The summed E-state index contributed by atoms with van der Waals surface area (Å²) in [5.74, 6) is 0.0109. The van der Waals surface area contributed by atoms with Crippen molar-refractivity contribution in [2.75, 3.05) is 0 Å². The van der Waals surface area contributed by atoms with Crippen LogP contribution in [0.2, 0.25) is 0 Å². The molecule has 0 aromatic heterocycles. The van der Waals surface area contributed by atoms with Gasteiger partial charge in [-0.2, -0.15) is 0 Å². The second-order valence-electron chi connectivity index (χ2n) is 6.37. The molecule has 0 aliphatic heterocycles. The molecule has 0 spiro atoms. The first-order chi connectivity index (χ1) is 11.2. The minimum atomic E-state index is -2.01. The summed E-state index contributed by atoms with van der Waals surface area (Å²) in [5, 5.41) is 0. The van der Waals surface area contributed by atoms with Gasteiger partial charge < -0.3 is 0 Å². The Morgan fingerprint density at radius 3 is 2.05 bits per heavy atom. The zero-order chi connectivity index (χ0) is 17.5. The third kappa shape index (κ3) is 3.13. The molecule has 2 aliphatic rings. The van der Waals surface area contributed by atoms with Crippen LogP contribution in [0.3, 0.4) is 0 Å². The number of rotatable bonds is 2. The molecule has 2 aliphatic carbocycles. The van der Waals surface area contributed by atoms with Crippen LogP contribution in [-0.2, 0) is 4.79 Å². The van der Waals surface area contributed by atoms with E-state index in [2.05, 4.69) is 31.2 Å². The van der Waals surface area contributed by atoms with Crippen molar-refractivity contribution in [3.05, 3.63) is 35.4 Å². The van der Waals surface area contributed by atoms with E-state index in [1.807, 2.05) is 0 Å². The average Bonchev–Trinajstić information content (AvgIpc) is 2.53. The standard InChI is InChI=1S/C19H26O/c1-14-2-4-15(5-3-14)16-6-8-17(9-7-16)18-10-12-19(20)13-11-18/h2-5,16-18H,6-13H2,1H3/i12D2,13D2. The average molecular weight is 274 g/mol. The summed E-state index contributed by atoms with van der Waals surface area (Å²) in [6, 6.07) is 8.71. The fraction of sp³-hybridized carbons (Fsp3) is 0.632. The highest BCUT2D eigenvalue weighted by molar-refractivity contribution is 5.79. The highest BCUT2D eigenvalue weighted by Gasteiger charge is 2.30. The summed E-state index contributed by atoms with van der Waals surface area (Å²) in [5.41, 5.74) is 2.65. The summed E-state index contributed by atoms with van der Waals surface area (Å²) < 4.78 is 31.6. The SMILES string of the molecule is [2H]C1([2H])CC(C2CCC(c3ccc(C)cc3)CC2)CC([2H])([2H])C1=O. The monoisotopic (exact) mass is 274 g/mol. The quantitative estimate of drug-likeness (QED) is 0.739. The molecule has 1 heteroatoms. The summed E-state index contributed by atoms with van der Waals surface area (Å²) in [7, 11) is 0. The van der Waals surface area contributed by atoms with Crippen molar-refractivity contribution < 1.29 is 10.3 Å². The predicted octanol–water partition coefficient (Wildman–Crippen LogP) is 5.03. The lowest BCUT2D eigenvalue weighted by molar-refractivity contribution is -0.121. The van der Waals surface area contributed by atoms with Crippen LogP contribution in [-0.4, -0.2) is 5.78 Å². The number of carbonyl (C=O) groups is 1. The van der Waals surface area contributed by atoms with Gasteiger partial charge in [-0.15, -0.1) is 0 Å². The molecule has 108 valence electrons. The summed E-state index contributed by atoms with van der Waals surface area (Å²) in [6.07, 6.45) is 0.498. The van der Waals surface area contributed by atoms with Gasteiger partial charge in [0.2, 0.25) is 0 Å². The van der Waals surface area contributed by atoms with Gasteiger partial charge in [-0.1, -0.05) is 29.8 Å². The number of hydrogen-bond donors (Lipinski definition) is 0. The lowest BCUT2D eigenvalue weighted by Crippen LogP contribution is -2.25. The molecule has 3 rings (SSSR count). The van der Waals surface area contributed by atoms with E-state index in [1.165, 1.54) is 11.1 Å². The molecular formula is C19H26O. The number of benzene rings is 1. The second kappa shape index (κ2) is 6.11. The Morgan fingerprint density at radius 2 is 1.45 bits per heavy atom. The molecule has 2 saturated carbocycles. The summed E-state index contributed by atoms with van der Waals surface area (Å²) in [4.78, 5) is 11.9. The molecule has 0 radical (unpaired) electrons. The van der Waals surface area contributed by atoms with Gasteiger partial charge in [-0.25, -0.2) is 0 Å². The maximum Gasteiger partial charge on any atom is 0.132 e. The van der Waals surface area contributed by atoms with Crippen LogP contribution in [0.25, 0.3) is 0 Å². The Labute approximate surface area is 128 Å². The molecule has 20 heavy (non-hydrogen) atoms. The molecule has 0 bridgehead atoms. The van der Waals surface area contributed by atoms with Gasteiger partial charge in [0.25, 0.3) is 0 Å². The van der Waals surface area contributed by atoms with Crippen LogP contribution >= 0.6 is 0 Å². The van der Waals surface area contributed by atoms with Gasteiger partial charge in [0.15, 0.2) is 0 Å². The number of carbonyl (C=O) groups excluding carboxylic acids is 1. The van der Waals surface area contributed by atoms with Crippen LogP contribution < -0.4 is 0 Å². The Morgan fingerprint density at radius 1 is 0.900 bits per heavy atom. The van der Waals surface area contributed by atoms with Crippen molar-refractivity contribution >= 4 is 5.78 Å². The third-order valence-corrected chi connectivity index (χ3v) is 5.04. The van der Waals surface area contributed by atoms with Gasteiger partial charge in [0, 0.05) is 18.2 Å². The highest BCUT2D eigenvalue weighted by atomic mass is 16.1. The molecule has 2 fully saturated rings. The molecule has 0 atom stereocenters. The molecule has 1 aromatic rings. The van der Waals surface area contributed by atoms with Gasteiger partial charge in [0.05, 0.1) is 0 Å². The van der Waals surface area contributed by atoms with Crippen molar-refractivity contribution in [3.8, 4) is 0 Å². The van der Waals surface area contributed by atoms with E-state index < -0.39 is 18.5 Å². The highest BCUT2D eigenvalue weighted by Crippen LogP contribution is 2.42. The number of ketones is 1. The Hall–Kier alpha value is -1.11. The largest absolute Gasteiger partial charge is 0.300 e. The lowest BCUT2D eigenvalue weighted by Gasteiger charge is -2.35. The van der Waals surface area contributed by atoms with Crippen LogP contribution in [0.15, 0.2) is 24.3 Å².